The van der Waals surface area contributed by atoms with Gasteiger partial charge in [0.05, 0.1) is 5.56 Å². The molecule has 2 atom stereocenters. The zero-order valence-corrected chi connectivity index (χ0v) is 16.3. The van der Waals surface area contributed by atoms with Gasteiger partial charge in [-0.2, -0.15) is 0 Å². The number of aldehydes is 1. The van der Waals surface area contributed by atoms with E-state index in [0.717, 1.165) is 22.3 Å². The summed E-state index contributed by atoms with van der Waals surface area (Å²) in [5.74, 6) is 0.0432. The Hall–Kier alpha value is -3.14. The molecule has 1 aliphatic rings. The molecular formula is C24H24O4. The number of allylic oxidation sites excluding steroid dienone is 2. The summed E-state index contributed by atoms with van der Waals surface area (Å²) in [4.78, 5) is 23.3. The molecule has 3 rings (SSSR count). The van der Waals surface area contributed by atoms with Crippen LogP contribution in [0.5, 0.6) is 5.75 Å². The molecule has 4 heteroatoms. The fourth-order valence-electron chi connectivity index (χ4n) is 3.36. The predicted molar refractivity (Wildman–Crippen MR) is 109 cm³/mol. The summed E-state index contributed by atoms with van der Waals surface area (Å²) in [6.07, 6.45) is 5.17. The first-order valence-corrected chi connectivity index (χ1v) is 9.33. The second-order valence-electron chi connectivity index (χ2n) is 7.23. The molecule has 0 saturated heterocycles. The zero-order chi connectivity index (χ0) is 20.3. The third-order valence-corrected chi connectivity index (χ3v) is 5.20. The number of esters is 1. The second-order valence-corrected chi connectivity index (χ2v) is 7.23. The van der Waals surface area contributed by atoms with Gasteiger partial charge in [0.25, 0.3) is 0 Å². The van der Waals surface area contributed by atoms with E-state index in [9.17, 15) is 14.7 Å². The van der Waals surface area contributed by atoms with Gasteiger partial charge in [0.2, 0.25) is 0 Å². The number of rotatable bonds is 5. The zero-order valence-electron chi connectivity index (χ0n) is 16.3. The Morgan fingerprint density at radius 1 is 1.21 bits per heavy atom. The van der Waals surface area contributed by atoms with Crippen molar-refractivity contribution in [3.05, 3.63) is 88.0 Å². The maximum absolute atomic E-state index is 12.4. The maximum atomic E-state index is 12.4. The Morgan fingerprint density at radius 2 is 2.00 bits per heavy atom. The van der Waals surface area contributed by atoms with E-state index in [1.165, 1.54) is 6.07 Å². The van der Waals surface area contributed by atoms with Crippen LogP contribution in [-0.2, 0) is 4.74 Å². The van der Waals surface area contributed by atoms with Crippen molar-refractivity contribution in [2.45, 2.75) is 39.2 Å². The molecule has 0 saturated carbocycles. The minimum Gasteiger partial charge on any atom is -0.508 e. The van der Waals surface area contributed by atoms with Crippen LogP contribution in [0.1, 0.15) is 58.0 Å². The van der Waals surface area contributed by atoms with Gasteiger partial charge < -0.3 is 9.84 Å². The Kier molecular flexibility index (Phi) is 5.78. The van der Waals surface area contributed by atoms with Gasteiger partial charge in [-0.15, -0.1) is 0 Å². The van der Waals surface area contributed by atoms with Crippen LogP contribution in [0, 0.1) is 6.92 Å². The summed E-state index contributed by atoms with van der Waals surface area (Å²) in [6, 6.07) is 12.2. The summed E-state index contributed by atoms with van der Waals surface area (Å²) >= 11 is 0. The van der Waals surface area contributed by atoms with Crippen molar-refractivity contribution in [1.29, 1.82) is 0 Å². The third kappa shape index (κ3) is 4.22. The maximum Gasteiger partial charge on any atom is 0.338 e. The molecule has 1 aliphatic carbocycles. The molecule has 0 spiro atoms. The van der Waals surface area contributed by atoms with Gasteiger partial charge in [0.15, 0.2) is 0 Å². The lowest BCUT2D eigenvalue weighted by molar-refractivity contribution is 0.0376. The molecule has 2 aromatic carbocycles. The Morgan fingerprint density at radius 3 is 2.68 bits per heavy atom. The highest BCUT2D eigenvalue weighted by molar-refractivity contribution is 5.91. The molecule has 4 nitrogen and oxygen atoms in total. The van der Waals surface area contributed by atoms with Crippen LogP contribution in [0.25, 0.3) is 0 Å². The standard InChI is InChI=1S/C24H24O4/c1-15-11-19(7-9-22(15)26)17(3)20-8-10-23(16(2)12-20)28-24(27)21-6-4-5-18(13-21)14-25/h4-9,11-14,17,23,26H,10H2,1-3H3. The lowest BCUT2D eigenvalue weighted by atomic mass is 9.86. The number of ether oxygens (including phenoxy) is 1. The quantitative estimate of drug-likeness (QED) is 0.581. The van der Waals surface area contributed by atoms with E-state index in [1.807, 2.05) is 26.0 Å². The lowest BCUT2D eigenvalue weighted by Crippen LogP contribution is -2.21. The fourth-order valence-corrected chi connectivity index (χ4v) is 3.36. The monoisotopic (exact) mass is 376 g/mol. The third-order valence-electron chi connectivity index (χ3n) is 5.20. The van der Waals surface area contributed by atoms with E-state index in [4.69, 9.17) is 4.74 Å². The molecule has 144 valence electrons. The molecule has 0 fully saturated rings. The van der Waals surface area contributed by atoms with E-state index in [1.54, 1.807) is 24.3 Å². The average Bonchev–Trinajstić information content (AvgIpc) is 2.71. The van der Waals surface area contributed by atoms with Crippen molar-refractivity contribution >= 4 is 12.3 Å². The van der Waals surface area contributed by atoms with Gasteiger partial charge >= 0.3 is 5.97 Å². The SMILES string of the molecule is CC1=CC(C(C)c2ccc(O)c(C)c2)=CCC1OC(=O)c1cccc(C=O)c1. The number of hydrogen-bond donors (Lipinski definition) is 1. The molecule has 0 aromatic heterocycles. The van der Waals surface area contributed by atoms with Gasteiger partial charge in [-0.25, -0.2) is 4.79 Å². The highest BCUT2D eigenvalue weighted by atomic mass is 16.5. The molecule has 0 amide bonds. The topological polar surface area (TPSA) is 63.6 Å². The van der Waals surface area contributed by atoms with Crippen molar-refractivity contribution in [2.24, 2.45) is 0 Å². The van der Waals surface area contributed by atoms with Crippen LogP contribution in [0.2, 0.25) is 0 Å². The molecule has 0 bridgehead atoms. The average molecular weight is 376 g/mol. The second kappa shape index (κ2) is 8.26. The first kappa shape index (κ1) is 19.6. The van der Waals surface area contributed by atoms with Crippen LogP contribution < -0.4 is 0 Å². The Bertz CT molecular complexity index is 968. The van der Waals surface area contributed by atoms with E-state index in [0.29, 0.717) is 29.6 Å². The number of hydrogen-bond acceptors (Lipinski definition) is 4. The van der Waals surface area contributed by atoms with Gasteiger partial charge in [-0.05, 0) is 54.3 Å². The smallest absolute Gasteiger partial charge is 0.338 e. The van der Waals surface area contributed by atoms with Gasteiger partial charge in [-0.1, -0.05) is 43.3 Å². The van der Waals surface area contributed by atoms with Gasteiger partial charge in [0.1, 0.15) is 18.1 Å². The fraction of sp³-hybridized carbons (Fsp3) is 0.250. The molecule has 0 radical (unpaired) electrons. The first-order chi connectivity index (χ1) is 13.4. The highest BCUT2D eigenvalue weighted by Gasteiger charge is 2.22. The number of carbonyl (C=O) groups is 2. The summed E-state index contributed by atoms with van der Waals surface area (Å²) < 4.78 is 5.66. The number of aromatic hydroxyl groups is 1. The minimum atomic E-state index is -0.430. The van der Waals surface area contributed by atoms with Crippen molar-refractivity contribution in [3.63, 3.8) is 0 Å². The molecule has 2 unspecified atom stereocenters. The first-order valence-electron chi connectivity index (χ1n) is 9.33. The molecule has 0 heterocycles. The summed E-state index contributed by atoms with van der Waals surface area (Å²) in [5.41, 5.74) is 4.96. The number of phenolic OH excluding ortho intramolecular Hbond substituents is 1. The number of aryl methyl sites for hydroxylation is 1. The van der Waals surface area contributed by atoms with Crippen molar-refractivity contribution in [1.82, 2.24) is 0 Å². The lowest BCUT2D eigenvalue weighted by Gasteiger charge is -2.25. The largest absolute Gasteiger partial charge is 0.508 e. The van der Waals surface area contributed by atoms with E-state index in [2.05, 4.69) is 19.1 Å². The van der Waals surface area contributed by atoms with Crippen LogP contribution in [0.3, 0.4) is 0 Å². The molecule has 2 aromatic rings. The summed E-state index contributed by atoms with van der Waals surface area (Å²) in [7, 11) is 0. The van der Waals surface area contributed by atoms with E-state index < -0.39 is 5.97 Å². The molecular weight excluding hydrogens is 352 g/mol. The normalized spacial score (nSPS) is 17.3. The van der Waals surface area contributed by atoms with Crippen LogP contribution >= 0.6 is 0 Å². The highest BCUT2D eigenvalue weighted by Crippen LogP contribution is 2.33. The van der Waals surface area contributed by atoms with Crippen molar-refractivity contribution in [3.8, 4) is 5.75 Å². The Labute approximate surface area is 165 Å². The van der Waals surface area contributed by atoms with Crippen LogP contribution in [0.15, 0.2) is 65.8 Å². The van der Waals surface area contributed by atoms with Gasteiger partial charge in [-0.3, -0.25) is 4.79 Å². The van der Waals surface area contributed by atoms with Crippen molar-refractivity contribution < 1.29 is 19.4 Å². The van der Waals surface area contributed by atoms with E-state index in [-0.39, 0.29) is 12.0 Å². The Balaban J connectivity index is 1.71. The predicted octanol–water partition coefficient (Wildman–Crippen LogP) is 5.12. The molecule has 0 aliphatic heterocycles. The van der Waals surface area contributed by atoms with Gasteiger partial charge in [0, 0.05) is 17.9 Å². The van der Waals surface area contributed by atoms with Crippen molar-refractivity contribution in [2.75, 3.05) is 0 Å². The number of benzene rings is 2. The van der Waals surface area contributed by atoms with E-state index >= 15 is 0 Å². The van der Waals surface area contributed by atoms with Crippen LogP contribution in [0.4, 0.5) is 0 Å². The minimum absolute atomic E-state index is 0.176. The number of phenols is 1. The van der Waals surface area contributed by atoms with Crippen LogP contribution in [-0.4, -0.2) is 23.5 Å². The molecule has 1 N–H and O–H groups in total. The number of carbonyl (C=O) groups excluding carboxylic acids is 2. The summed E-state index contributed by atoms with van der Waals surface area (Å²) in [6.45, 7) is 5.97. The summed E-state index contributed by atoms with van der Waals surface area (Å²) in [5, 5.41) is 9.73. The molecule has 28 heavy (non-hydrogen) atoms.